The van der Waals surface area contributed by atoms with E-state index in [0.717, 1.165) is 17.7 Å². The van der Waals surface area contributed by atoms with E-state index in [1.807, 2.05) is 13.8 Å². The molecule has 1 aliphatic rings. The average molecular weight is 270 g/mol. The number of amides is 2. The van der Waals surface area contributed by atoms with E-state index in [4.69, 9.17) is 10.9 Å². The molecule has 7 heteroatoms. The van der Waals surface area contributed by atoms with Gasteiger partial charge in [0, 0.05) is 12.5 Å². The van der Waals surface area contributed by atoms with Gasteiger partial charge in [0.2, 0.25) is 11.8 Å². The zero-order valence-corrected chi connectivity index (χ0v) is 11.6. The molecule has 1 heterocycles. The van der Waals surface area contributed by atoms with Gasteiger partial charge in [-0.15, -0.1) is 0 Å². The fraction of sp³-hybridized carbons (Fsp3) is 0.750. The third-order valence-corrected chi connectivity index (χ3v) is 3.55. The van der Waals surface area contributed by atoms with Gasteiger partial charge in [0.1, 0.15) is 5.84 Å². The molecule has 7 nitrogen and oxygen atoms in total. The first-order chi connectivity index (χ1) is 8.79. The predicted molar refractivity (Wildman–Crippen MR) is 70.6 cm³/mol. The van der Waals surface area contributed by atoms with Gasteiger partial charge in [-0.1, -0.05) is 19.0 Å². The van der Waals surface area contributed by atoms with Gasteiger partial charge in [0.15, 0.2) is 0 Å². The maximum atomic E-state index is 11.6. The number of nitrogens with two attached hydrogens (primary N) is 1. The number of oxime groups is 1. The Kier molecular flexibility index (Phi) is 4.88. The molecule has 108 valence electrons. The van der Waals surface area contributed by atoms with Crippen LogP contribution < -0.4 is 11.1 Å². The first-order valence-corrected chi connectivity index (χ1v) is 6.31. The van der Waals surface area contributed by atoms with Gasteiger partial charge in [-0.05, 0) is 19.4 Å². The van der Waals surface area contributed by atoms with Crippen molar-refractivity contribution in [2.24, 2.45) is 16.3 Å². The van der Waals surface area contributed by atoms with Crippen LogP contribution in [0.4, 0.5) is 0 Å². The molecule has 1 aliphatic heterocycles. The fourth-order valence-electron chi connectivity index (χ4n) is 1.99. The Morgan fingerprint density at radius 2 is 2.21 bits per heavy atom. The van der Waals surface area contributed by atoms with E-state index in [2.05, 4.69) is 10.5 Å². The molecule has 0 aromatic rings. The SMILES string of the molecule is CN1C(=O)CC(NCCCC(C)(C)C(N)=NO)C1=O. The van der Waals surface area contributed by atoms with Crippen LogP contribution in [0.3, 0.4) is 0 Å². The second kappa shape index (κ2) is 6.01. The number of amidine groups is 1. The molecule has 0 bridgehead atoms. The number of hydrogen-bond acceptors (Lipinski definition) is 5. The van der Waals surface area contributed by atoms with Gasteiger partial charge in [0.05, 0.1) is 12.5 Å². The Bertz CT molecular complexity index is 392. The zero-order chi connectivity index (χ0) is 14.6. The lowest BCUT2D eigenvalue weighted by Crippen LogP contribution is -2.38. The van der Waals surface area contributed by atoms with Crippen LogP contribution in [0.1, 0.15) is 33.1 Å². The molecule has 0 aliphatic carbocycles. The van der Waals surface area contributed by atoms with Crippen LogP contribution in [0.5, 0.6) is 0 Å². The Balaban J connectivity index is 2.33. The van der Waals surface area contributed by atoms with Gasteiger partial charge >= 0.3 is 0 Å². The van der Waals surface area contributed by atoms with Crippen molar-refractivity contribution in [1.82, 2.24) is 10.2 Å². The summed E-state index contributed by atoms with van der Waals surface area (Å²) in [5.74, 6) is -0.139. The molecule has 4 N–H and O–H groups in total. The number of carbonyl (C=O) groups is 2. The van der Waals surface area contributed by atoms with E-state index in [0.29, 0.717) is 6.54 Å². The molecule has 1 unspecified atom stereocenters. The number of likely N-dealkylation sites (tertiary alicyclic amines) is 1. The minimum atomic E-state index is -0.413. The van der Waals surface area contributed by atoms with Crippen molar-refractivity contribution in [3.8, 4) is 0 Å². The minimum absolute atomic E-state index is 0.153. The maximum Gasteiger partial charge on any atom is 0.246 e. The van der Waals surface area contributed by atoms with Crippen LogP contribution in [0.15, 0.2) is 5.16 Å². The molecule has 1 fully saturated rings. The molecule has 19 heavy (non-hydrogen) atoms. The smallest absolute Gasteiger partial charge is 0.246 e. The van der Waals surface area contributed by atoms with Crippen LogP contribution in [0, 0.1) is 5.41 Å². The van der Waals surface area contributed by atoms with E-state index >= 15 is 0 Å². The van der Waals surface area contributed by atoms with Gasteiger partial charge in [0.25, 0.3) is 0 Å². The third-order valence-electron chi connectivity index (χ3n) is 3.55. The average Bonchev–Trinajstić information content (AvgIpc) is 2.61. The Hall–Kier alpha value is -1.63. The summed E-state index contributed by atoms with van der Waals surface area (Å²) < 4.78 is 0. The summed E-state index contributed by atoms with van der Waals surface area (Å²) >= 11 is 0. The highest BCUT2D eigenvalue weighted by molar-refractivity contribution is 6.05. The molecule has 2 amide bonds. The van der Waals surface area contributed by atoms with Crippen LogP contribution in [-0.4, -0.2) is 47.4 Å². The van der Waals surface area contributed by atoms with Crippen molar-refractivity contribution < 1.29 is 14.8 Å². The molecule has 1 saturated heterocycles. The van der Waals surface area contributed by atoms with Crippen molar-refractivity contribution in [2.45, 2.75) is 39.2 Å². The van der Waals surface area contributed by atoms with E-state index in [1.165, 1.54) is 7.05 Å². The van der Waals surface area contributed by atoms with Crippen LogP contribution in [-0.2, 0) is 9.59 Å². The quantitative estimate of drug-likeness (QED) is 0.156. The minimum Gasteiger partial charge on any atom is -0.409 e. The van der Waals surface area contributed by atoms with E-state index in [-0.39, 0.29) is 29.5 Å². The molecule has 1 rings (SSSR count). The molecular weight excluding hydrogens is 248 g/mol. The summed E-state index contributed by atoms with van der Waals surface area (Å²) in [5.41, 5.74) is 5.20. The van der Waals surface area contributed by atoms with Gasteiger partial charge in [-0.3, -0.25) is 14.5 Å². The second-order valence-corrected chi connectivity index (χ2v) is 5.47. The molecule has 0 saturated carbocycles. The summed E-state index contributed by atoms with van der Waals surface area (Å²) in [6, 6.07) is -0.413. The molecule has 0 aromatic heterocycles. The Morgan fingerprint density at radius 1 is 1.58 bits per heavy atom. The summed E-state index contributed by atoms with van der Waals surface area (Å²) in [7, 11) is 1.49. The lowest BCUT2D eigenvalue weighted by atomic mass is 9.86. The standard InChI is InChI=1S/C12H22N4O3/c1-12(2,11(13)15-19)5-4-6-14-8-7-9(17)16(3)10(8)18/h8,14,19H,4-7H2,1-3H3,(H2,13,15). The van der Waals surface area contributed by atoms with Crippen LogP contribution in [0.2, 0.25) is 0 Å². The molecule has 0 aromatic carbocycles. The molecular formula is C12H22N4O3. The van der Waals surface area contributed by atoms with Gasteiger partial charge in [-0.2, -0.15) is 0 Å². The highest BCUT2D eigenvalue weighted by atomic mass is 16.4. The number of likely N-dealkylation sites (N-methyl/N-ethyl adjacent to an activating group) is 1. The topological polar surface area (TPSA) is 108 Å². The summed E-state index contributed by atoms with van der Waals surface area (Å²) in [4.78, 5) is 24.1. The van der Waals surface area contributed by atoms with Crippen LogP contribution in [0.25, 0.3) is 0 Å². The lowest BCUT2D eigenvalue weighted by molar-refractivity contribution is -0.137. The van der Waals surface area contributed by atoms with E-state index < -0.39 is 6.04 Å². The van der Waals surface area contributed by atoms with Crippen molar-refractivity contribution >= 4 is 17.6 Å². The Labute approximate surface area is 112 Å². The molecule has 0 spiro atoms. The number of rotatable bonds is 6. The van der Waals surface area contributed by atoms with Crippen molar-refractivity contribution in [1.29, 1.82) is 0 Å². The number of nitrogens with one attached hydrogen (secondary N) is 1. The Morgan fingerprint density at radius 3 is 2.68 bits per heavy atom. The fourth-order valence-corrected chi connectivity index (χ4v) is 1.99. The maximum absolute atomic E-state index is 11.6. The number of nitrogens with zero attached hydrogens (tertiary/aromatic N) is 2. The second-order valence-electron chi connectivity index (χ2n) is 5.47. The lowest BCUT2D eigenvalue weighted by Gasteiger charge is -2.23. The number of imide groups is 1. The highest BCUT2D eigenvalue weighted by Gasteiger charge is 2.35. The molecule has 1 atom stereocenters. The highest BCUT2D eigenvalue weighted by Crippen LogP contribution is 2.22. The first kappa shape index (κ1) is 15.4. The summed E-state index contributed by atoms with van der Waals surface area (Å²) in [6.45, 7) is 4.39. The molecule has 0 radical (unpaired) electrons. The van der Waals surface area contributed by atoms with Gasteiger partial charge in [-0.25, -0.2) is 0 Å². The number of carbonyl (C=O) groups excluding carboxylic acids is 2. The van der Waals surface area contributed by atoms with E-state index in [9.17, 15) is 9.59 Å². The number of hydrogen-bond donors (Lipinski definition) is 3. The normalized spacial score (nSPS) is 21.3. The summed E-state index contributed by atoms with van der Waals surface area (Å²) in [6.07, 6.45) is 1.71. The van der Waals surface area contributed by atoms with Crippen molar-refractivity contribution in [2.75, 3.05) is 13.6 Å². The largest absolute Gasteiger partial charge is 0.409 e. The monoisotopic (exact) mass is 270 g/mol. The van der Waals surface area contributed by atoms with Crippen LogP contribution >= 0.6 is 0 Å². The first-order valence-electron chi connectivity index (χ1n) is 6.31. The van der Waals surface area contributed by atoms with Crippen molar-refractivity contribution in [3.05, 3.63) is 0 Å². The van der Waals surface area contributed by atoms with Crippen molar-refractivity contribution in [3.63, 3.8) is 0 Å². The van der Waals surface area contributed by atoms with E-state index in [1.54, 1.807) is 0 Å². The third kappa shape index (κ3) is 3.66. The predicted octanol–water partition coefficient (Wildman–Crippen LogP) is -0.114. The zero-order valence-electron chi connectivity index (χ0n) is 11.6. The van der Waals surface area contributed by atoms with Gasteiger partial charge < -0.3 is 16.3 Å². The summed E-state index contributed by atoms with van der Waals surface area (Å²) in [5, 5.41) is 14.7.